The van der Waals surface area contributed by atoms with Gasteiger partial charge in [-0.2, -0.15) is 0 Å². The Hall–Kier alpha value is -17.7. The van der Waals surface area contributed by atoms with Crippen molar-refractivity contribution in [3.05, 3.63) is 568 Å². The van der Waals surface area contributed by atoms with Gasteiger partial charge >= 0.3 is 0 Å². The molecule has 0 N–H and O–H groups in total. The van der Waals surface area contributed by atoms with E-state index in [1.54, 1.807) is 0 Å². The molecule has 0 heterocycles. The highest BCUT2D eigenvalue weighted by Crippen LogP contribution is 2.45. The molecule has 0 aliphatic heterocycles. The maximum atomic E-state index is 2.35. The molecule has 0 bridgehead atoms. The summed E-state index contributed by atoms with van der Waals surface area (Å²) in [4.78, 5) is 0. The van der Waals surface area contributed by atoms with Gasteiger partial charge in [0.1, 0.15) is 0 Å². The van der Waals surface area contributed by atoms with Crippen molar-refractivity contribution in [3.8, 4) is 122 Å². The maximum Gasteiger partial charge on any atom is -0.00266 e. The Morgan fingerprint density at radius 3 is 0.695 bits per heavy atom. The molecule has 0 nitrogen and oxygen atoms in total. The molecule has 0 amide bonds. The topological polar surface area (TPSA) is 0 Å². The van der Waals surface area contributed by atoms with Gasteiger partial charge in [-0.3, -0.25) is 0 Å². The fraction of sp³-hybridized carbons (Fsp3) is 0.0355. The van der Waals surface area contributed by atoms with Crippen LogP contribution in [0.3, 0.4) is 0 Å². The quantitative estimate of drug-likeness (QED) is 0.113. The summed E-state index contributed by atoms with van der Waals surface area (Å²) in [5, 5.41) is 25.8. The van der Waals surface area contributed by atoms with E-state index >= 15 is 0 Å². The van der Waals surface area contributed by atoms with Gasteiger partial charge in [-0.15, -0.1) is 0 Å². The molecule has 26 rings (SSSR count). The molecule has 0 aliphatic carbocycles. The van der Waals surface area contributed by atoms with Gasteiger partial charge in [-0.1, -0.05) is 477 Å². The third-order valence-corrected chi connectivity index (χ3v) is 27.8. The summed E-state index contributed by atoms with van der Waals surface area (Å²) in [6.45, 7) is 10.8. The minimum absolute atomic E-state index is 1.24. The molecule has 668 valence electrons. The van der Waals surface area contributed by atoms with Crippen LogP contribution in [0.2, 0.25) is 0 Å². The normalized spacial score (nSPS) is 11.2. The molecule has 0 unspecified atom stereocenters. The van der Waals surface area contributed by atoms with Crippen LogP contribution in [0.5, 0.6) is 0 Å². The van der Waals surface area contributed by atoms with Crippen LogP contribution in [-0.4, -0.2) is 0 Å². The van der Waals surface area contributed by atoms with Crippen molar-refractivity contribution in [2.24, 2.45) is 0 Å². The predicted octanol–water partition coefficient (Wildman–Crippen LogP) is 39.8. The van der Waals surface area contributed by atoms with E-state index < -0.39 is 0 Å². The van der Waals surface area contributed by atoms with Gasteiger partial charge in [0.05, 0.1) is 0 Å². The summed E-state index contributed by atoms with van der Waals surface area (Å²) < 4.78 is 0. The molecule has 26 aromatic rings. The molecular formula is C141H104. The van der Waals surface area contributed by atoms with Crippen LogP contribution >= 0.6 is 0 Å². The fourth-order valence-corrected chi connectivity index (χ4v) is 20.5. The lowest BCUT2D eigenvalue weighted by molar-refractivity contribution is 1.46. The van der Waals surface area contributed by atoms with Crippen LogP contribution in [0.4, 0.5) is 0 Å². The fourth-order valence-electron chi connectivity index (χ4n) is 20.5. The zero-order valence-corrected chi connectivity index (χ0v) is 79.9. The Morgan fingerprint density at radius 1 is 0.0993 bits per heavy atom. The van der Waals surface area contributed by atoms with Crippen molar-refractivity contribution in [3.63, 3.8) is 0 Å². The first-order chi connectivity index (χ1) is 69.4. The Balaban J connectivity index is 0.000000103. The van der Waals surface area contributed by atoms with E-state index in [1.807, 2.05) is 0 Å². The van der Waals surface area contributed by atoms with Gasteiger partial charge in [0, 0.05) is 0 Å². The van der Waals surface area contributed by atoms with Crippen molar-refractivity contribution in [1.29, 1.82) is 0 Å². The second-order valence-electron chi connectivity index (χ2n) is 37.3. The number of rotatable bonds is 11. The molecule has 0 spiro atoms. The van der Waals surface area contributed by atoms with Crippen molar-refractivity contribution in [2.75, 3.05) is 0 Å². The Labute approximate surface area is 826 Å². The smallest absolute Gasteiger partial charge is 0.00266 e. The SMILES string of the molecule is Cc1c2ccccc2c(-c2ccccc2)c2ccccc12.Cc1ccc(-c2c3ccccc3cc3ccccc23)cc1.Cc1ccc(-c2cc(-c3ccc4ccccc4c3)cc(-c3ccc4ccccc4c3)c2)cc1.Cc1cccc(-c2cc(-c3ccc4ccccc4c3)cc(-c3ccc4ccccc4c3)c2)c1.Cc1cccc(-c2cc(-c3cccc4ccccc34)cc(-c3cccc4ccccc34)c2)c1. The van der Waals surface area contributed by atoms with E-state index in [-0.39, 0.29) is 0 Å². The zero-order chi connectivity index (χ0) is 95.1. The van der Waals surface area contributed by atoms with Crippen LogP contribution in [0, 0.1) is 34.6 Å². The van der Waals surface area contributed by atoms with E-state index in [0.717, 1.165) is 0 Å². The van der Waals surface area contributed by atoms with Crippen LogP contribution in [0.15, 0.2) is 540 Å². The third kappa shape index (κ3) is 19.1. The summed E-state index contributed by atoms with van der Waals surface area (Å²) in [6.07, 6.45) is 0. The number of hydrogen-bond acceptors (Lipinski definition) is 0. The molecule has 0 heteroatoms. The van der Waals surface area contributed by atoms with Gasteiger partial charge in [-0.05, 0) is 355 Å². The molecule has 26 aromatic carbocycles. The summed E-state index contributed by atoms with van der Waals surface area (Å²) in [7, 11) is 0. The zero-order valence-electron chi connectivity index (χ0n) is 79.9. The average Bonchev–Trinajstić information content (AvgIpc) is 0.771. The minimum Gasteiger partial charge on any atom is -0.0622 e. The second kappa shape index (κ2) is 39.9. The lowest BCUT2D eigenvalue weighted by atomic mass is 9.89. The first-order valence-corrected chi connectivity index (χ1v) is 48.9. The second-order valence-corrected chi connectivity index (χ2v) is 37.3. The van der Waals surface area contributed by atoms with Gasteiger partial charge in [-0.25, -0.2) is 0 Å². The van der Waals surface area contributed by atoms with E-state index in [4.69, 9.17) is 0 Å². The first-order valence-electron chi connectivity index (χ1n) is 48.9. The molecule has 0 aliphatic rings. The number of fused-ring (bicyclic) bond motifs is 10. The predicted molar refractivity (Wildman–Crippen MR) is 611 cm³/mol. The molecule has 0 radical (unpaired) electrons. The monoisotopic (exact) mass is 1800 g/mol. The Morgan fingerprint density at radius 2 is 0.333 bits per heavy atom. The summed E-state index contributed by atoms with van der Waals surface area (Å²) in [5.41, 5.74) is 34.1. The van der Waals surface area contributed by atoms with E-state index in [0.29, 0.717) is 0 Å². The Bertz CT molecular complexity index is 8730. The third-order valence-electron chi connectivity index (χ3n) is 27.8. The van der Waals surface area contributed by atoms with Crippen molar-refractivity contribution >= 4 is 108 Å². The van der Waals surface area contributed by atoms with Gasteiger partial charge in [0.25, 0.3) is 0 Å². The number of benzene rings is 26. The van der Waals surface area contributed by atoms with Crippen LogP contribution < -0.4 is 0 Å². The van der Waals surface area contributed by atoms with Crippen LogP contribution in [0.25, 0.3) is 230 Å². The van der Waals surface area contributed by atoms with Crippen molar-refractivity contribution < 1.29 is 0 Å². The standard InChI is InChI=1S/3C33H24.2C21H16/c1-23-9-6-14-26(19-23)27-20-28(32-17-7-12-24-10-2-4-15-30(24)32)22-29(21-27)33-18-8-13-25-11-3-5-16-31(25)33;1-23-7-6-12-26(17-23)31-20-32(29-15-13-24-8-2-4-10-27(24)18-29)22-33(21-31)30-16-14-25-9-3-5-11-28(25)19-30;1-23-10-12-26(13-11-23)31-20-32(29-16-14-24-6-2-4-8-27(24)18-29)22-33(21-31)30-17-15-25-7-3-5-9-28(25)19-30;1-15-10-12-16(13-11-15)21-19-8-4-2-6-17(19)14-18-7-3-5-9-20(18)21;1-15-17-11-5-7-13-19(17)21(16-9-3-2-4-10-16)20-14-8-6-12-18(15)20/h3*2-22H,1H3;2*2-14H,1H3. The number of aryl methyl sites for hydroxylation is 5. The van der Waals surface area contributed by atoms with Gasteiger partial charge in [0.2, 0.25) is 0 Å². The summed E-state index contributed by atoms with van der Waals surface area (Å²) >= 11 is 0. The van der Waals surface area contributed by atoms with E-state index in [9.17, 15) is 0 Å². The number of hydrogen-bond donors (Lipinski definition) is 0. The van der Waals surface area contributed by atoms with Crippen molar-refractivity contribution in [2.45, 2.75) is 34.6 Å². The van der Waals surface area contributed by atoms with Gasteiger partial charge in [0.15, 0.2) is 0 Å². The molecule has 0 aromatic heterocycles. The molecule has 141 heavy (non-hydrogen) atoms. The van der Waals surface area contributed by atoms with E-state index in [2.05, 4.69) is 575 Å². The van der Waals surface area contributed by atoms with Crippen molar-refractivity contribution in [1.82, 2.24) is 0 Å². The maximum absolute atomic E-state index is 2.35. The largest absolute Gasteiger partial charge is 0.0622 e. The summed E-state index contributed by atoms with van der Waals surface area (Å²) in [6, 6.07) is 196. The lowest BCUT2D eigenvalue weighted by Gasteiger charge is -2.15. The molecule has 0 saturated heterocycles. The molecule has 0 atom stereocenters. The van der Waals surface area contributed by atoms with E-state index in [1.165, 1.54) is 258 Å². The van der Waals surface area contributed by atoms with Crippen LogP contribution in [0.1, 0.15) is 27.8 Å². The molecule has 0 fully saturated rings. The minimum atomic E-state index is 1.24. The van der Waals surface area contributed by atoms with Gasteiger partial charge < -0.3 is 0 Å². The highest BCUT2D eigenvalue weighted by Gasteiger charge is 2.19. The molecule has 0 saturated carbocycles. The Kier molecular flexibility index (Phi) is 25.1. The highest BCUT2D eigenvalue weighted by atomic mass is 14.2. The summed E-state index contributed by atoms with van der Waals surface area (Å²) in [5.74, 6) is 0. The first kappa shape index (κ1) is 88.6. The average molecular weight is 1800 g/mol. The highest BCUT2D eigenvalue weighted by molar-refractivity contribution is 6.16. The lowest BCUT2D eigenvalue weighted by Crippen LogP contribution is -1.88. The van der Waals surface area contributed by atoms with Crippen LogP contribution in [-0.2, 0) is 0 Å². The molecular weight excluding hydrogens is 1690 g/mol.